The van der Waals surface area contributed by atoms with Crippen LogP contribution >= 0.6 is 11.6 Å². The van der Waals surface area contributed by atoms with Crippen LogP contribution < -0.4 is 10.5 Å². The largest absolute Gasteiger partial charge is 0.368 e. The van der Waals surface area contributed by atoms with E-state index < -0.39 is 10.0 Å². The van der Waals surface area contributed by atoms with Crippen molar-refractivity contribution in [3.05, 3.63) is 29.3 Å². The zero-order chi connectivity index (χ0) is 16.3. The molecule has 122 valence electrons. The zero-order valence-corrected chi connectivity index (χ0v) is 13.9. The number of halogens is 1. The van der Waals surface area contributed by atoms with Crippen LogP contribution in [0.3, 0.4) is 0 Å². The Kier molecular flexibility index (Phi) is 5.44. The molecule has 0 bridgehead atoms. The molecule has 1 aliphatic heterocycles. The Balaban J connectivity index is 1.95. The average molecular weight is 346 g/mol. The number of piperidine rings is 1. The van der Waals surface area contributed by atoms with Crippen LogP contribution in [-0.2, 0) is 14.8 Å². The normalized spacial score (nSPS) is 19.0. The Morgan fingerprint density at radius 2 is 1.86 bits per heavy atom. The van der Waals surface area contributed by atoms with E-state index in [9.17, 15) is 13.2 Å². The van der Waals surface area contributed by atoms with Crippen molar-refractivity contribution in [2.45, 2.75) is 36.7 Å². The predicted molar refractivity (Wildman–Crippen MR) is 85.0 cm³/mol. The van der Waals surface area contributed by atoms with Crippen LogP contribution in [0.1, 0.15) is 19.8 Å². The zero-order valence-electron chi connectivity index (χ0n) is 12.3. The molecule has 1 aromatic rings. The van der Waals surface area contributed by atoms with Gasteiger partial charge in [0.25, 0.3) is 0 Å². The third-order valence-electron chi connectivity index (χ3n) is 3.93. The Hall–Kier alpha value is -1.15. The van der Waals surface area contributed by atoms with Crippen LogP contribution in [0, 0.1) is 0 Å². The fourth-order valence-corrected chi connectivity index (χ4v) is 3.92. The minimum Gasteiger partial charge on any atom is -0.368 e. The van der Waals surface area contributed by atoms with Gasteiger partial charge < -0.3 is 5.73 Å². The molecule has 1 heterocycles. The van der Waals surface area contributed by atoms with Crippen molar-refractivity contribution >= 4 is 27.5 Å². The second kappa shape index (κ2) is 6.95. The van der Waals surface area contributed by atoms with Crippen molar-refractivity contribution in [1.29, 1.82) is 0 Å². The monoisotopic (exact) mass is 345 g/mol. The number of carbonyl (C=O) groups is 1. The average Bonchev–Trinajstić information content (AvgIpc) is 2.47. The third kappa shape index (κ3) is 4.19. The van der Waals surface area contributed by atoms with Crippen LogP contribution in [-0.4, -0.2) is 44.4 Å². The quantitative estimate of drug-likeness (QED) is 0.831. The Bertz CT molecular complexity index is 625. The minimum atomic E-state index is -3.55. The summed E-state index contributed by atoms with van der Waals surface area (Å²) in [5.74, 6) is -0.361. The van der Waals surface area contributed by atoms with Crippen molar-refractivity contribution in [3.63, 3.8) is 0 Å². The summed E-state index contributed by atoms with van der Waals surface area (Å²) in [4.78, 5) is 13.3. The number of nitrogens with two attached hydrogens (primary N) is 1. The number of nitrogens with one attached hydrogen (secondary N) is 1. The highest BCUT2D eigenvalue weighted by Gasteiger charge is 2.28. The summed E-state index contributed by atoms with van der Waals surface area (Å²) in [7, 11) is -3.55. The van der Waals surface area contributed by atoms with Gasteiger partial charge in [-0.3, -0.25) is 9.69 Å². The van der Waals surface area contributed by atoms with E-state index in [1.807, 2.05) is 4.90 Å². The topological polar surface area (TPSA) is 92.5 Å². The molecule has 1 saturated heterocycles. The van der Waals surface area contributed by atoms with E-state index in [4.69, 9.17) is 17.3 Å². The Labute approximate surface area is 135 Å². The van der Waals surface area contributed by atoms with Gasteiger partial charge in [0.15, 0.2) is 0 Å². The molecule has 22 heavy (non-hydrogen) atoms. The second-order valence-electron chi connectivity index (χ2n) is 5.46. The van der Waals surface area contributed by atoms with E-state index in [0.29, 0.717) is 31.0 Å². The van der Waals surface area contributed by atoms with Crippen molar-refractivity contribution in [1.82, 2.24) is 9.62 Å². The molecule has 1 aliphatic rings. The van der Waals surface area contributed by atoms with E-state index in [2.05, 4.69) is 4.72 Å². The van der Waals surface area contributed by atoms with Gasteiger partial charge in [-0.05, 0) is 44.0 Å². The summed E-state index contributed by atoms with van der Waals surface area (Å²) in [6.45, 7) is 3.04. The molecule has 0 unspecified atom stereocenters. The van der Waals surface area contributed by atoms with Gasteiger partial charge in [0.2, 0.25) is 15.9 Å². The van der Waals surface area contributed by atoms with Gasteiger partial charge in [-0.1, -0.05) is 11.6 Å². The Morgan fingerprint density at radius 1 is 1.32 bits per heavy atom. The summed E-state index contributed by atoms with van der Waals surface area (Å²) in [5, 5.41) is 0.493. The van der Waals surface area contributed by atoms with E-state index in [1.165, 1.54) is 12.1 Å². The van der Waals surface area contributed by atoms with Crippen LogP contribution in [0.5, 0.6) is 0 Å². The van der Waals surface area contributed by atoms with Gasteiger partial charge in [-0.15, -0.1) is 0 Å². The fraction of sp³-hybridized carbons (Fsp3) is 0.500. The maximum Gasteiger partial charge on any atom is 0.240 e. The van der Waals surface area contributed by atoms with Gasteiger partial charge in [0.1, 0.15) is 0 Å². The number of hydrogen-bond donors (Lipinski definition) is 2. The van der Waals surface area contributed by atoms with Crippen molar-refractivity contribution in [3.8, 4) is 0 Å². The maximum atomic E-state index is 12.3. The summed E-state index contributed by atoms with van der Waals surface area (Å²) in [5.41, 5.74) is 5.29. The van der Waals surface area contributed by atoms with Crippen molar-refractivity contribution in [2.75, 3.05) is 13.1 Å². The smallest absolute Gasteiger partial charge is 0.240 e. The van der Waals surface area contributed by atoms with Gasteiger partial charge in [0.05, 0.1) is 10.9 Å². The van der Waals surface area contributed by atoms with Gasteiger partial charge in [-0.2, -0.15) is 0 Å². The number of sulfonamides is 1. The number of likely N-dealkylation sites (tertiary alicyclic amines) is 1. The lowest BCUT2D eigenvalue weighted by molar-refractivity contribution is -0.123. The molecule has 0 saturated carbocycles. The molecule has 8 heteroatoms. The highest BCUT2D eigenvalue weighted by atomic mass is 35.5. The molecular weight excluding hydrogens is 326 g/mol. The minimum absolute atomic E-state index is 0.142. The third-order valence-corrected chi connectivity index (χ3v) is 5.72. The lowest BCUT2D eigenvalue weighted by Gasteiger charge is -2.34. The molecule has 0 aromatic heterocycles. The van der Waals surface area contributed by atoms with Crippen LogP contribution in [0.15, 0.2) is 29.2 Å². The molecule has 1 aromatic carbocycles. The first-order valence-electron chi connectivity index (χ1n) is 7.11. The maximum absolute atomic E-state index is 12.3. The number of carbonyl (C=O) groups excluding carboxylic acids is 1. The van der Waals surface area contributed by atoms with Crippen LogP contribution in [0.2, 0.25) is 5.02 Å². The van der Waals surface area contributed by atoms with Crippen LogP contribution in [0.25, 0.3) is 0 Å². The first kappa shape index (κ1) is 17.2. The standard InChI is InChI=1S/C14H20ClN3O3S/c1-10(14(16)19)18-8-6-12(7-9-18)17-22(20,21)13-4-2-11(15)3-5-13/h2-5,10,12,17H,6-9H2,1H3,(H2,16,19)/t10-/m0/s1. The molecule has 0 spiro atoms. The summed E-state index contributed by atoms with van der Waals surface area (Å²) in [6.07, 6.45) is 1.29. The van der Waals surface area contributed by atoms with Crippen molar-refractivity contribution in [2.24, 2.45) is 5.73 Å². The first-order valence-corrected chi connectivity index (χ1v) is 8.97. The van der Waals surface area contributed by atoms with E-state index in [1.54, 1.807) is 19.1 Å². The molecule has 0 aliphatic carbocycles. The molecule has 3 N–H and O–H groups in total. The summed E-state index contributed by atoms with van der Waals surface area (Å²) in [6, 6.07) is 5.59. The van der Waals surface area contributed by atoms with E-state index >= 15 is 0 Å². The van der Waals surface area contributed by atoms with E-state index in [-0.39, 0.29) is 22.9 Å². The molecule has 6 nitrogen and oxygen atoms in total. The van der Waals surface area contributed by atoms with Gasteiger partial charge in [-0.25, -0.2) is 13.1 Å². The van der Waals surface area contributed by atoms with Crippen LogP contribution in [0.4, 0.5) is 0 Å². The highest BCUT2D eigenvalue weighted by Crippen LogP contribution is 2.18. The molecule has 0 radical (unpaired) electrons. The fourth-order valence-electron chi connectivity index (χ4n) is 2.49. The molecular formula is C14H20ClN3O3S. The molecule has 2 rings (SSSR count). The molecule has 1 amide bonds. The van der Waals surface area contributed by atoms with Crippen molar-refractivity contribution < 1.29 is 13.2 Å². The lowest BCUT2D eigenvalue weighted by Crippen LogP contribution is -2.50. The van der Waals surface area contributed by atoms with Gasteiger partial charge >= 0.3 is 0 Å². The number of nitrogens with zero attached hydrogens (tertiary/aromatic N) is 1. The molecule has 1 fully saturated rings. The van der Waals surface area contributed by atoms with Gasteiger partial charge in [0, 0.05) is 24.2 Å². The number of rotatable bonds is 5. The first-order chi connectivity index (χ1) is 10.3. The Morgan fingerprint density at radius 3 is 2.36 bits per heavy atom. The summed E-state index contributed by atoms with van der Waals surface area (Å²) < 4.78 is 27.3. The number of primary amides is 1. The summed E-state index contributed by atoms with van der Waals surface area (Å²) >= 11 is 5.77. The lowest BCUT2D eigenvalue weighted by atomic mass is 10.0. The predicted octanol–water partition coefficient (Wildman–Crippen LogP) is 0.957. The number of benzene rings is 1. The number of amides is 1. The second-order valence-corrected chi connectivity index (χ2v) is 7.61. The van der Waals surface area contributed by atoms with E-state index in [0.717, 1.165) is 0 Å². The number of hydrogen-bond acceptors (Lipinski definition) is 4. The molecule has 1 atom stereocenters. The highest BCUT2D eigenvalue weighted by molar-refractivity contribution is 7.89. The SMILES string of the molecule is C[C@@H](C(N)=O)N1CCC(NS(=O)(=O)c2ccc(Cl)cc2)CC1.